The summed E-state index contributed by atoms with van der Waals surface area (Å²) in [5.74, 6) is -0.323. The lowest BCUT2D eigenvalue weighted by atomic mass is 10.2. The maximum Gasteiger partial charge on any atom is 0.318 e. The molecule has 0 aliphatic rings. The third kappa shape index (κ3) is 4.13. The van der Waals surface area contributed by atoms with E-state index in [0.717, 1.165) is 0 Å². The number of hydrogen-bond acceptors (Lipinski definition) is 2. The zero-order valence-electron chi connectivity index (χ0n) is 11.6. The first-order valence-electron chi connectivity index (χ1n) is 6.35. The molecule has 114 valence electrons. The minimum Gasteiger partial charge on any atom is -0.341 e. The van der Waals surface area contributed by atoms with Crippen molar-refractivity contribution in [3.63, 3.8) is 0 Å². The molecule has 0 radical (unpaired) electrons. The van der Waals surface area contributed by atoms with Gasteiger partial charge in [0.1, 0.15) is 0 Å². The molecule has 2 rings (SSSR count). The Labute approximate surface area is 137 Å². The maximum atomic E-state index is 12.2. The third-order valence-electron chi connectivity index (χ3n) is 2.79. The summed E-state index contributed by atoms with van der Waals surface area (Å²) in [6.45, 7) is 0. The number of amides is 3. The van der Waals surface area contributed by atoms with E-state index in [2.05, 4.69) is 16.0 Å². The Bertz CT molecular complexity index is 720. The van der Waals surface area contributed by atoms with Crippen LogP contribution in [-0.4, -0.2) is 19.0 Å². The van der Waals surface area contributed by atoms with Gasteiger partial charge in [0.2, 0.25) is 0 Å². The molecule has 0 heterocycles. The highest BCUT2D eigenvalue weighted by atomic mass is 35.5. The minimum absolute atomic E-state index is 0.310. The topological polar surface area (TPSA) is 70.2 Å². The Morgan fingerprint density at radius 1 is 0.909 bits per heavy atom. The lowest BCUT2D eigenvalue weighted by Gasteiger charge is -2.09. The number of hydrogen-bond donors (Lipinski definition) is 3. The average molecular weight is 338 g/mol. The molecule has 5 nitrogen and oxygen atoms in total. The van der Waals surface area contributed by atoms with Crippen LogP contribution in [0.15, 0.2) is 42.5 Å². The third-order valence-corrected chi connectivity index (χ3v) is 3.53. The molecule has 0 aliphatic carbocycles. The van der Waals surface area contributed by atoms with E-state index in [-0.39, 0.29) is 11.9 Å². The van der Waals surface area contributed by atoms with Crippen molar-refractivity contribution < 1.29 is 9.59 Å². The molecule has 0 aromatic heterocycles. The van der Waals surface area contributed by atoms with Gasteiger partial charge in [-0.3, -0.25) is 4.79 Å². The van der Waals surface area contributed by atoms with Crippen LogP contribution in [0.4, 0.5) is 16.2 Å². The molecule has 3 amide bonds. The quantitative estimate of drug-likeness (QED) is 0.792. The highest BCUT2D eigenvalue weighted by Gasteiger charge is 2.09. The summed E-state index contributed by atoms with van der Waals surface area (Å²) in [5.41, 5.74) is 1.50. The molecule has 2 aromatic rings. The van der Waals surface area contributed by atoms with Crippen LogP contribution in [0.5, 0.6) is 0 Å². The van der Waals surface area contributed by atoms with Crippen molar-refractivity contribution >= 4 is 46.5 Å². The van der Waals surface area contributed by atoms with Gasteiger partial charge in [-0.05, 0) is 36.4 Å². The minimum atomic E-state index is -0.340. The van der Waals surface area contributed by atoms with Crippen LogP contribution in [0.2, 0.25) is 10.0 Å². The first-order chi connectivity index (χ1) is 10.5. The zero-order valence-corrected chi connectivity index (χ0v) is 13.1. The van der Waals surface area contributed by atoms with Crippen LogP contribution in [0.25, 0.3) is 0 Å². The fourth-order valence-corrected chi connectivity index (χ4v) is 2.01. The predicted octanol–water partition coefficient (Wildman–Crippen LogP) is 4.00. The van der Waals surface area contributed by atoms with Crippen LogP contribution in [0.3, 0.4) is 0 Å². The number of urea groups is 1. The predicted molar refractivity (Wildman–Crippen MR) is 88.9 cm³/mol. The second-order valence-corrected chi connectivity index (χ2v) is 5.18. The van der Waals surface area contributed by atoms with Gasteiger partial charge in [-0.25, -0.2) is 4.79 Å². The van der Waals surface area contributed by atoms with E-state index in [0.29, 0.717) is 27.0 Å². The fourth-order valence-electron chi connectivity index (χ4n) is 1.71. The van der Waals surface area contributed by atoms with E-state index >= 15 is 0 Å². The second-order valence-electron chi connectivity index (χ2n) is 4.37. The smallest absolute Gasteiger partial charge is 0.318 e. The largest absolute Gasteiger partial charge is 0.341 e. The second kappa shape index (κ2) is 7.15. The number of anilines is 2. The first kappa shape index (κ1) is 16.1. The summed E-state index contributed by atoms with van der Waals surface area (Å²) in [7, 11) is 1.52. The monoisotopic (exact) mass is 337 g/mol. The molecule has 0 atom stereocenters. The van der Waals surface area contributed by atoms with Gasteiger partial charge in [0.15, 0.2) is 0 Å². The Hall–Kier alpha value is -2.24. The van der Waals surface area contributed by atoms with Crippen molar-refractivity contribution in [1.82, 2.24) is 5.32 Å². The maximum absolute atomic E-state index is 12.2. The van der Waals surface area contributed by atoms with Crippen molar-refractivity contribution in [2.45, 2.75) is 0 Å². The molecule has 0 bridgehead atoms. The molecule has 0 aliphatic heterocycles. The molecular formula is C15H13Cl2N3O2. The SMILES string of the molecule is CNC(=O)Nc1cccc(NC(=O)c2ccc(Cl)c(Cl)c2)c1. The Morgan fingerprint density at radius 2 is 1.59 bits per heavy atom. The van der Waals surface area contributed by atoms with Gasteiger partial charge >= 0.3 is 6.03 Å². The van der Waals surface area contributed by atoms with Gasteiger partial charge in [-0.15, -0.1) is 0 Å². The van der Waals surface area contributed by atoms with Crippen LogP contribution in [0.1, 0.15) is 10.4 Å². The number of halogens is 2. The van der Waals surface area contributed by atoms with Crippen molar-refractivity contribution in [2.24, 2.45) is 0 Å². The Morgan fingerprint density at radius 3 is 2.23 bits per heavy atom. The number of carbonyl (C=O) groups excluding carboxylic acids is 2. The Kier molecular flexibility index (Phi) is 5.25. The summed E-state index contributed by atoms with van der Waals surface area (Å²) in [4.78, 5) is 23.4. The number of carbonyl (C=O) groups is 2. The van der Waals surface area contributed by atoms with E-state index in [1.165, 1.54) is 13.1 Å². The van der Waals surface area contributed by atoms with E-state index in [1.807, 2.05) is 0 Å². The zero-order chi connectivity index (χ0) is 16.1. The summed E-state index contributed by atoms with van der Waals surface area (Å²) < 4.78 is 0. The molecular weight excluding hydrogens is 325 g/mol. The molecule has 0 spiro atoms. The summed E-state index contributed by atoms with van der Waals surface area (Å²) in [6.07, 6.45) is 0. The van der Waals surface area contributed by atoms with E-state index in [4.69, 9.17) is 23.2 Å². The summed E-state index contributed by atoms with van der Waals surface area (Å²) >= 11 is 11.7. The number of rotatable bonds is 3. The van der Waals surface area contributed by atoms with Crippen LogP contribution in [-0.2, 0) is 0 Å². The Balaban J connectivity index is 2.12. The molecule has 3 N–H and O–H groups in total. The normalized spacial score (nSPS) is 9.95. The highest BCUT2D eigenvalue weighted by molar-refractivity contribution is 6.42. The van der Waals surface area contributed by atoms with E-state index < -0.39 is 0 Å². The van der Waals surface area contributed by atoms with Crippen LogP contribution >= 0.6 is 23.2 Å². The van der Waals surface area contributed by atoms with Gasteiger partial charge in [0.25, 0.3) is 5.91 Å². The molecule has 7 heteroatoms. The molecule has 22 heavy (non-hydrogen) atoms. The standard InChI is InChI=1S/C15H13Cl2N3O2/c1-18-15(22)20-11-4-2-3-10(8-11)19-14(21)9-5-6-12(16)13(17)7-9/h2-8H,1H3,(H,19,21)(H2,18,20,22). The molecule has 0 fully saturated rings. The van der Waals surface area contributed by atoms with Gasteiger partial charge < -0.3 is 16.0 Å². The molecule has 0 saturated heterocycles. The van der Waals surface area contributed by atoms with E-state index in [9.17, 15) is 9.59 Å². The van der Waals surface area contributed by atoms with Gasteiger partial charge in [0, 0.05) is 24.0 Å². The lowest BCUT2D eigenvalue weighted by molar-refractivity contribution is 0.102. The van der Waals surface area contributed by atoms with Crippen molar-refractivity contribution in [1.29, 1.82) is 0 Å². The van der Waals surface area contributed by atoms with Crippen molar-refractivity contribution in [3.05, 3.63) is 58.1 Å². The molecule has 0 unspecified atom stereocenters. The number of benzene rings is 2. The summed E-state index contributed by atoms with van der Waals surface area (Å²) in [5, 5.41) is 8.49. The highest BCUT2D eigenvalue weighted by Crippen LogP contribution is 2.23. The van der Waals surface area contributed by atoms with Crippen LogP contribution < -0.4 is 16.0 Å². The summed E-state index contributed by atoms with van der Waals surface area (Å²) in [6, 6.07) is 11.1. The molecule has 0 saturated carbocycles. The van der Waals surface area contributed by atoms with Crippen molar-refractivity contribution in [3.8, 4) is 0 Å². The number of nitrogens with one attached hydrogen (secondary N) is 3. The van der Waals surface area contributed by atoms with Crippen LogP contribution in [0, 0.1) is 0 Å². The molecule has 2 aromatic carbocycles. The van der Waals surface area contributed by atoms with E-state index in [1.54, 1.807) is 36.4 Å². The lowest BCUT2D eigenvalue weighted by Crippen LogP contribution is -2.24. The van der Waals surface area contributed by atoms with Gasteiger partial charge in [-0.2, -0.15) is 0 Å². The fraction of sp³-hybridized carbons (Fsp3) is 0.0667. The first-order valence-corrected chi connectivity index (χ1v) is 7.10. The van der Waals surface area contributed by atoms with Crippen molar-refractivity contribution in [2.75, 3.05) is 17.7 Å². The van der Waals surface area contributed by atoms with Gasteiger partial charge in [-0.1, -0.05) is 29.3 Å². The average Bonchev–Trinajstić information content (AvgIpc) is 2.50. The van der Waals surface area contributed by atoms with Gasteiger partial charge in [0.05, 0.1) is 10.0 Å².